The van der Waals surface area contributed by atoms with E-state index in [4.69, 9.17) is 4.74 Å². The Morgan fingerprint density at radius 1 is 1.22 bits per heavy atom. The van der Waals surface area contributed by atoms with Crippen LogP contribution in [0.5, 0.6) is 5.75 Å². The summed E-state index contributed by atoms with van der Waals surface area (Å²) >= 11 is 2.85. The quantitative estimate of drug-likeness (QED) is 0.414. The van der Waals surface area contributed by atoms with E-state index < -0.39 is 0 Å². The Morgan fingerprint density at radius 2 is 2.00 bits per heavy atom. The number of ketones is 1. The first-order valence-corrected chi connectivity index (χ1v) is 10.3. The molecule has 0 aliphatic rings. The molecule has 0 fully saturated rings. The Bertz CT molecular complexity index is 910. The van der Waals surface area contributed by atoms with E-state index in [-0.39, 0.29) is 11.0 Å². The summed E-state index contributed by atoms with van der Waals surface area (Å²) < 4.78 is 5.97. The van der Waals surface area contributed by atoms with E-state index in [1.165, 1.54) is 28.7 Å². The molecule has 0 saturated heterocycles. The molecule has 0 aliphatic heterocycles. The predicted octanol–water partition coefficient (Wildman–Crippen LogP) is 5.22. The zero-order chi connectivity index (χ0) is 19.2. The maximum Gasteiger partial charge on any atom is 0.210 e. The maximum absolute atomic E-state index is 12.6. The van der Waals surface area contributed by atoms with Crippen molar-refractivity contribution in [3.63, 3.8) is 0 Å². The Labute approximate surface area is 167 Å². The van der Waals surface area contributed by atoms with Crippen LogP contribution in [-0.4, -0.2) is 28.3 Å². The minimum atomic E-state index is -0.227. The lowest BCUT2D eigenvalue weighted by Crippen LogP contribution is -2.13. The number of aryl methyl sites for hydroxylation is 1. The molecule has 1 atom stereocenters. The molecule has 1 heterocycles. The maximum atomic E-state index is 12.6. The van der Waals surface area contributed by atoms with Crippen molar-refractivity contribution in [2.24, 2.45) is 0 Å². The molecule has 5 nitrogen and oxygen atoms in total. The van der Waals surface area contributed by atoms with E-state index in [1.54, 1.807) is 7.11 Å². The van der Waals surface area contributed by atoms with E-state index >= 15 is 0 Å². The van der Waals surface area contributed by atoms with E-state index in [1.807, 2.05) is 55.5 Å². The summed E-state index contributed by atoms with van der Waals surface area (Å²) in [5.74, 6) is 0.868. The third-order valence-corrected chi connectivity index (χ3v) is 6.04. The standard InChI is InChI=1S/C20H21N3O2S2/c1-4-14-8-10-15(11-9-14)18(24)13(2)26-20-23-22-19(27-20)21-16-6-5-7-17(12-16)25-3/h5-13H,4H2,1-3H3,(H,21,22)/t13-/m0/s1. The van der Waals surface area contributed by atoms with Crippen LogP contribution in [0, 0.1) is 0 Å². The smallest absolute Gasteiger partial charge is 0.210 e. The number of carbonyl (C=O) groups excluding carboxylic acids is 1. The summed E-state index contributed by atoms with van der Waals surface area (Å²) in [4.78, 5) is 12.6. The van der Waals surface area contributed by atoms with Crippen molar-refractivity contribution >= 4 is 39.7 Å². The number of anilines is 2. The van der Waals surface area contributed by atoms with Gasteiger partial charge in [-0.15, -0.1) is 10.2 Å². The predicted molar refractivity (Wildman–Crippen MR) is 112 cm³/mol. The molecule has 0 aliphatic carbocycles. The zero-order valence-electron chi connectivity index (χ0n) is 15.4. The van der Waals surface area contributed by atoms with Gasteiger partial charge in [-0.3, -0.25) is 4.79 Å². The number of hydrogen-bond acceptors (Lipinski definition) is 7. The molecule has 0 unspecified atom stereocenters. The van der Waals surface area contributed by atoms with E-state index in [2.05, 4.69) is 22.4 Å². The van der Waals surface area contributed by atoms with Gasteiger partial charge in [-0.25, -0.2) is 0 Å². The molecular weight excluding hydrogens is 378 g/mol. The van der Waals surface area contributed by atoms with Crippen LogP contribution >= 0.6 is 23.1 Å². The monoisotopic (exact) mass is 399 g/mol. The number of hydrogen-bond donors (Lipinski definition) is 1. The van der Waals surface area contributed by atoms with Gasteiger partial charge in [0.1, 0.15) is 5.75 Å². The molecule has 27 heavy (non-hydrogen) atoms. The minimum absolute atomic E-state index is 0.0974. The Kier molecular flexibility index (Phi) is 6.47. The number of carbonyl (C=O) groups is 1. The van der Waals surface area contributed by atoms with Crippen molar-refractivity contribution in [3.05, 3.63) is 59.7 Å². The molecule has 0 spiro atoms. The summed E-state index contributed by atoms with van der Waals surface area (Å²) in [7, 11) is 1.63. The molecule has 3 rings (SSSR count). The topological polar surface area (TPSA) is 64.1 Å². The van der Waals surface area contributed by atoms with Crippen LogP contribution in [-0.2, 0) is 6.42 Å². The van der Waals surface area contributed by atoms with Gasteiger partial charge >= 0.3 is 0 Å². The van der Waals surface area contributed by atoms with Crippen LogP contribution in [0.25, 0.3) is 0 Å². The summed E-state index contributed by atoms with van der Waals surface area (Å²) in [5.41, 5.74) is 2.83. The molecule has 1 N–H and O–H groups in total. The van der Waals surface area contributed by atoms with Gasteiger partial charge in [0.05, 0.1) is 12.4 Å². The Morgan fingerprint density at radius 3 is 2.70 bits per heavy atom. The summed E-state index contributed by atoms with van der Waals surface area (Å²) in [6.45, 7) is 4.00. The Balaban J connectivity index is 1.62. The molecule has 0 amide bonds. The molecule has 140 valence electrons. The van der Waals surface area contributed by atoms with Crippen molar-refractivity contribution in [1.29, 1.82) is 0 Å². The lowest BCUT2D eigenvalue weighted by atomic mass is 10.1. The van der Waals surface area contributed by atoms with Crippen LogP contribution < -0.4 is 10.1 Å². The molecular formula is C20H21N3O2S2. The number of ether oxygens (including phenoxy) is 1. The highest BCUT2D eigenvalue weighted by molar-refractivity contribution is 8.02. The molecule has 1 aromatic heterocycles. The van der Waals surface area contributed by atoms with Crippen LogP contribution in [0.2, 0.25) is 0 Å². The number of rotatable bonds is 8. The van der Waals surface area contributed by atoms with Crippen LogP contribution in [0.3, 0.4) is 0 Å². The zero-order valence-corrected chi connectivity index (χ0v) is 17.1. The van der Waals surface area contributed by atoms with Gasteiger partial charge in [-0.2, -0.15) is 0 Å². The molecule has 0 radical (unpaired) electrons. The fourth-order valence-corrected chi connectivity index (χ4v) is 4.47. The largest absolute Gasteiger partial charge is 0.497 e. The second-order valence-electron chi connectivity index (χ2n) is 5.90. The van der Waals surface area contributed by atoms with Gasteiger partial charge in [0.2, 0.25) is 5.13 Å². The van der Waals surface area contributed by atoms with Crippen molar-refractivity contribution in [1.82, 2.24) is 10.2 Å². The van der Waals surface area contributed by atoms with Crippen molar-refractivity contribution < 1.29 is 9.53 Å². The highest BCUT2D eigenvalue weighted by Gasteiger charge is 2.19. The lowest BCUT2D eigenvalue weighted by Gasteiger charge is -2.08. The average molecular weight is 400 g/mol. The summed E-state index contributed by atoms with van der Waals surface area (Å²) in [5, 5.41) is 12.0. The number of benzene rings is 2. The fourth-order valence-electron chi connectivity index (χ4n) is 2.48. The SMILES string of the molecule is CCc1ccc(C(=O)[C@H](C)Sc2nnc(Nc3cccc(OC)c3)s2)cc1. The molecule has 0 bridgehead atoms. The van der Waals surface area contributed by atoms with Gasteiger partial charge in [-0.1, -0.05) is 60.4 Å². The molecule has 0 saturated carbocycles. The van der Waals surface area contributed by atoms with E-state index in [0.29, 0.717) is 5.13 Å². The van der Waals surface area contributed by atoms with Crippen LogP contribution in [0.15, 0.2) is 52.9 Å². The number of aromatic nitrogens is 2. The van der Waals surface area contributed by atoms with E-state index in [9.17, 15) is 4.79 Å². The lowest BCUT2D eigenvalue weighted by molar-refractivity contribution is 0.0994. The van der Waals surface area contributed by atoms with Crippen LogP contribution in [0.4, 0.5) is 10.8 Å². The third kappa shape index (κ3) is 5.08. The number of nitrogens with one attached hydrogen (secondary N) is 1. The highest BCUT2D eigenvalue weighted by Crippen LogP contribution is 2.32. The molecule has 2 aromatic carbocycles. The Hall–Kier alpha value is -2.38. The number of methoxy groups -OCH3 is 1. The number of Topliss-reactive ketones (excluding diaryl/α,β-unsaturated/α-hetero) is 1. The van der Waals surface area contributed by atoms with Gasteiger partial charge in [0, 0.05) is 17.3 Å². The van der Waals surface area contributed by atoms with Crippen LogP contribution in [0.1, 0.15) is 29.8 Å². The minimum Gasteiger partial charge on any atom is -0.497 e. The fraction of sp³-hybridized carbons (Fsp3) is 0.250. The summed E-state index contributed by atoms with van der Waals surface area (Å²) in [6.07, 6.45) is 0.965. The second-order valence-corrected chi connectivity index (χ2v) is 8.47. The molecule has 7 heteroatoms. The van der Waals surface area contributed by atoms with Crippen molar-refractivity contribution in [2.75, 3.05) is 12.4 Å². The van der Waals surface area contributed by atoms with Gasteiger partial charge in [0.25, 0.3) is 0 Å². The second kappa shape index (κ2) is 9.01. The number of thioether (sulfide) groups is 1. The van der Waals surface area contributed by atoms with Gasteiger partial charge in [0.15, 0.2) is 10.1 Å². The normalized spacial score (nSPS) is 11.8. The highest BCUT2D eigenvalue weighted by atomic mass is 32.2. The molecule has 3 aromatic rings. The first-order valence-electron chi connectivity index (χ1n) is 8.63. The van der Waals surface area contributed by atoms with E-state index in [0.717, 1.165) is 27.8 Å². The van der Waals surface area contributed by atoms with Crippen molar-refractivity contribution in [3.8, 4) is 5.75 Å². The summed E-state index contributed by atoms with van der Waals surface area (Å²) in [6, 6.07) is 15.4. The van der Waals surface area contributed by atoms with Gasteiger partial charge < -0.3 is 10.1 Å². The van der Waals surface area contributed by atoms with Crippen molar-refractivity contribution in [2.45, 2.75) is 29.9 Å². The first-order chi connectivity index (χ1) is 13.1. The average Bonchev–Trinajstić information content (AvgIpc) is 3.14. The third-order valence-electron chi connectivity index (χ3n) is 4.02. The van der Waals surface area contributed by atoms with Gasteiger partial charge in [-0.05, 0) is 31.0 Å². The first kappa shape index (κ1) is 19.4. The number of nitrogens with zero attached hydrogens (tertiary/aromatic N) is 2.